The molecule has 1 aliphatic carbocycles. The van der Waals surface area contributed by atoms with E-state index in [4.69, 9.17) is 0 Å². The van der Waals surface area contributed by atoms with Crippen LogP contribution in [0.2, 0.25) is 0 Å². The standard InChI is InChI=1S/C59H35NS3/c1-2-14-37-33-38(28-27-36(37)13-1)39-29-31-52-44(34-39)58-50(22-12-26-56(58)62-52)60(49-21-11-25-55-57(49)43-17-5-9-23-51(43)61-55)40-30-32-54-48(35-40)59(47-20-8-10-24-53(47)63-54)45-18-6-3-15-41(45)42-16-4-7-19-46(42)59/h1-35H. The smallest absolute Gasteiger partial charge is 0.0736 e. The molecule has 14 rings (SSSR count). The molecule has 0 saturated heterocycles. The predicted octanol–water partition coefficient (Wildman–Crippen LogP) is 17.5. The van der Waals surface area contributed by atoms with Gasteiger partial charge in [-0.05, 0) is 128 Å². The zero-order valence-corrected chi connectivity index (χ0v) is 36.3. The van der Waals surface area contributed by atoms with Gasteiger partial charge in [0.25, 0.3) is 0 Å². The number of fused-ring (bicyclic) bond motifs is 16. The molecule has 1 aliphatic heterocycles. The van der Waals surface area contributed by atoms with Gasteiger partial charge in [0.15, 0.2) is 0 Å². The monoisotopic (exact) mass is 853 g/mol. The van der Waals surface area contributed by atoms with Crippen LogP contribution in [0.3, 0.4) is 0 Å². The number of rotatable bonds is 4. The summed E-state index contributed by atoms with van der Waals surface area (Å²) in [6, 6.07) is 79.9. The fourth-order valence-electron chi connectivity index (χ4n) is 10.9. The minimum absolute atomic E-state index is 0.483. The van der Waals surface area contributed by atoms with Crippen LogP contribution in [0.4, 0.5) is 17.1 Å². The third-order valence-corrected chi connectivity index (χ3v) is 16.9. The van der Waals surface area contributed by atoms with Gasteiger partial charge in [-0.15, -0.1) is 22.7 Å². The molecular formula is C59H35NS3. The topological polar surface area (TPSA) is 3.24 Å². The number of anilines is 3. The van der Waals surface area contributed by atoms with Gasteiger partial charge in [0.05, 0.1) is 16.8 Å². The molecule has 0 N–H and O–H groups in total. The van der Waals surface area contributed by atoms with Crippen LogP contribution in [-0.4, -0.2) is 0 Å². The lowest BCUT2D eigenvalue weighted by atomic mass is 9.67. The molecule has 294 valence electrons. The molecule has 2 aromatic heterocycles. The first-order chi connectivity index (χ1) is 31.2. The molecular weight excluding hydrogens is 819 g/mol. The summed E-state index contributed by atoms with van der Waals surface area (Å²) in [5.41, 5.74) is 13.5. The molecule has 4 heteroatoms. The van der Waals surface area contributed by atoms with Gasteiger partial charge in [-0.2, -0.15) is 0 Å². The molecule has 0 saturated carbocycles. The lowest BCUT2D eigenvalue weighted by Crippen LogP contribution is -2.32. The van der Waals surface area contributed by atoms with Crippen molar-refractivity contribution in [3.8, 4) is 22.3 Å². The Kier molecular flexibility index (Phi) is 7.65. The maximum absolute atomic E-state index is 2.59. The van der Waals surface area contributed by atoms with Gasteiger partial charge in [-0.1, -0.05) is 151 Å². The molecule has 3 heterocycles. The molecule has 0 fully saturated rings. The molecule has 1 spiro atoms. The lowest BCUT2D eigenvalue weighted by molar-refractivity contribution is 0.722. The predicted molar refractivity (Wildman–Crippen MR) is 271 cm³/mol. The molecule has 0 unspecified atom stereocenters. The van der Waals surface area contributed by atoms with Gasteiger partial charge in [0.1, 0.15) is 0 Å². The normalized spacial score (nSPS) is 13.5. The summed E-state index contributed by atoms with van der Waals surface area (Å²) in [7, 11) is 0. The Morgan fingerprint density at radius 2 is 0.921 bits per heavy atom. The zero-order valence-electron chi connectivity index (χ0n) is 33.9. The van der Waals surface area contributed by atoms with Gasteiger partial charge < -0.3 is 4.90 Å². The molecule has 0 radical (unpaired) electrons. The Balaban J connectivity index is 1.07. The fraction of sp³-hybridized carbons (Fsp3) is 0.0169. The van der Waals surface area contributed by atoms with E-state index in [1.807, 2.05) is 34.4 Å². The van der Waals surface area contributed by atoms with Gasteiger partial charge in [0.2, 0.25) is 0 Å². The van der Waals surface area contributed by atoms with E-state index in [0.29, 0.717) is 0 Å². The van der Waals surface area contributed by atoms with Crippen LogP contribution in [-0.2, 0) is 5.41 Å². The Morgan fingerprint density at radius 1 is 0.349 bits per heavy atom. The van der Waals surface area contributed by atoms with E-state index in [1.165, 1.54) is 117 Å². The summed E-state index contributed by atoms with van der Waals surface area (Å²) in [6.45, 7) is 0. The average Bonchev–Trinajstić information content (AvgIpc) is 4.01. The molecule has 0 bridgehead atoms. The Bertz CT molecular complexity index is 3820. The van der Waals surface area contributed by atoms with E-state index in [2.05, 4.69) is 217 Å². The Hall–Kier alpha value is -6.95. The van der Waals surface area contributed by atoms with Crippen molar-refractivity contribution in [2.75, 3.05) is 4.90 Å². The van der Waals surface area contributed by atoms with E-state index in [0.717, 1.165) is 5.69 Å². The van der Waals surface area contributed by atoms with Crippen molar-refractivity contribution >= 4 is 103 Å². The van der Waals surface area contributed by atoms with Gasteiger partial charge in [-0.3, -0.25) is 0 Å². The van der Waals surface area contributed by atoms with Crippen LogP contribution < -0.4 is 4.90 Å². The van der Waals surface area contributed by atoms with Crippen molar-refractivity contribution < 1.29 is 0 Å². The van der Waals surface area contributed by atoms with Crippen LogP contribution >= 0.6 is 34.4 Å². The number of hydrogen-bond acceptors (Lipinski definition) is 4. The maximum Gasteiger partial charge on any atom is 0.0736 e. The zero-order chi connectivity index (χ0) is 41.2. The molecule has 2 aliphatic rings. The van der Waals surface area contributed by atoms with E-state index >= 15 is 0 Å². The average molecular weight is 854 g/mol. The molecule has 0 amide bonds. The first-order valence-corrected chi connectivity index (χ1v) is 23.9. The minimum atomic E-state index is -0.483. The lowest BCUT2D eigenvalue weighted by Gasteiger charge is -2.40. The highest BCUT2D eigenvalue weighted by Crippen LogP contribution is 2.63. The van der Waals surface area contributed by atoms with Crippen molar-refractivity contribution in [1.82, 2.24) is 0 Å². The first kappa shape index (κ1) is 35.6. The third kappa shape index (κ3) is 5.06. The second kappa shape index (κ2) is 13.5. The van der Waals surface area contributed by atoms with E-state index in [1.54, 1.807) is 0 Å². The number of benzene rings is 10. The SMILES string of the molecule is c1ccc2c(c1)Sc1ccc(N(c3cccc4sc5ccccc5c34)c3cccc4sc5ccc(-c6ccc7ccccc7c6)cc5c34)cc1C21c2ccccc2-c2ccccc21. The van der Waals surface area contributed by atoms with Crippen LogP contribution in [0.25, 0.3) is 73.4 Å². The highest BCUT2D eigenvalue weighted by Gasteiger charge is 2.50. The summed E-state index contributed by atoms with van der Waals surface area (Å²) in [4.78, 5) is 5.19. The van der Waals surface area contributed by atoms with Crippen LogP contribution in [0.5, 0.6) is 0 Å². The number of thiophene rings is 2. The van der Waals surface area contributed by atoms with Crippen molar-refractivity contribution in [3.63, 3.8) is 0 Å². The highest BCUT2D eigenvalue weighted by molar-refractivity contribution is 7.99. The van der Waals surface area contributed by atoms with E-state index < -0.39 is 5.41 Å². The Labute approximate surface area is 377 Å². The van der Waals surface area contributed by atoms with Crippen molar-refractivity contribution in [2.45, 2.75) is 15.2 Å². The maximum atomic E-state index is 2.59. The third-order valence-electron chi connectivity index (χ3n) is 13.5. The van der Waals surface area contributed by atoms with Crippen molar-refractivity contribution in [3.05, 3.63) is 235 Å². The van der Waals surface area contributed by atoms with Gasteiger partial charge in [-0.25, -0.2) is 0 Å². The molecule has 10 aromatic carbocycles. The summed E-state index contributed by atoms with van der Waals surface area (Å²) < 4.78 is 5.16. The molecule has 12 aromatic rings. The summed E-state index contributed by atoms with van der Waals surface area (Å²) in [6.07, 6.45) is 0. The molecule has 1 nitrogen and oxygen atoms in total. The number of hydrogen-bond donors (Lipinski definition) is 0. The summed E-state index contributed by atoms with van der Waals surface area (Å²) in [5.74, 6) is 0. The second-order valence-electron chi connectivity index (χ2n) is 16.7. The van der Waals surface area contributed by atoms with Crippen molar-refractivity contribution in [1.29, 1.82) is 0 Å². The van der Waals surface area contributed by atoms with Gasteiger partial charge in [0, 0.05) is 55.8 Å². The van der Waals surface area contributed by atoms with Crippen LogP contribution in [0.1, 0.15) is 22.3 Å². The van der Waals surface area contributed by atoms with E-state index in [-0.39, 0.29) is 0 Å². The molecule has 63 heavy (non-hydrogen) atoms. The number of nitrogens with zero attached hydrogens (tertiary/aromatic N) is 1. The summed E-state index contributed by atoms with van der Waals surface area (Å²) in [5, 5.41) is 7.65. The Morgan fingerprint density at radius 3 is 1.70 bits per heavy atom. The quantitative estimate of drug-likeness (QED) is 0.174. The largest absolute Gasteiger partial charge is 0.309 e. The van der Waals surface area contributed by atoms with Crippen LogP contribution in [0.15, 0.2) is 222 Å². The summed E-state index contributed by atoms with van der Waals surface area (Å²) >= 11 is 5.66. The first-order valence-electron chi connectivity index (χ1n) is 21.5. The minimum Gasteiger partial charge on any atom is -0.309 e. The van der Waals surface area contributed by atoms with Crippen molar-refractivity contribution in [2.24, 2.45) is 0 Å². The second-order valence-corrected chi connectivity index (χ2v) is 20.0. The molecule has 0 atom stereocenters. The highest BCUT2D eigenvalue weighted by atomic mass is 32.2. The van der Waals surface area contributed by atoms with Gasteiger partial charge >= 0.3 is 0 Å². The van der Waals surface area contributed by atoms with Crippen LogP contribution in [0, 0.1) is 0 Å². The fourth-order valence-corrected chi connectivity index (χ4v) is 14.3. The van der Waals surface area contributed by atoms with E-state index in [9.17, 15) is 0 Å².